The van der Waals surface area contributed by atoms with Crippen LogP contribution in [-0.2, 0) is 4.79 Å². The number of aryl methyl sites for hydroxylation is 1. The zero-order chi connectivity index (χ0) is 10.6. The van der Waals surface area contributed by atoms with E-state index in [0.717, 1.165) is 4.90 Å². The van der Waals surface area contributed by atoms with Crippen LogP contribution in [0.4, 0.5) is 0 Å². The molecule has 76 valence electrons. The van der Waals surface area contributed by atoms with Crippen LogP contribution in [0, 0.1) is 6.92 Å². The number of hydrogen-bond acceptors (Lipinski definition) is 2. The van der Waals surface area contributed by atoms with E-state index in [-0.39, 0.29) is 11.7 Å². The van der Waals surface area contributed by atoms with Gasteiger partial charge in [-0.2, -0.15) is 0 Å². The minimum Gasteiger partial charge on any atom is -0.481 e. The summed E-state index contributed by atoms with van der Waals surface area (Å²) in [5.74, 6) is -0.739. The molecule has 0 heterocycles. The lowest BCUT2D eigenvalue weighted by Crippen LogP contribution is -2.05. The fourth-order valence-corrected chi connectivity index (χ4v) is 2.12. The smallest absolute Gasteiger partial charge is 0.304 e. The quantitative estimate of drug-likeness (QED) is 0.776. The molecule has 0 spiro atoms. The van der Waals surface area contributed by atoms with Crippen LogP contribution in [0.2, 0.25) is 0 Å². The van der Waals surface area contributed by atoms with Crippen molar-refractivity contribution in [1.82, 2.24) is 0 Å². The lowest BCUT2D eigenvalue weighted by atomic mass is 10.2. The van der Waals surface area contributed by atoms with E-state index in [1.165, 1.54) is 5.56 Å². The van der Waals surface area contributed by atoms with Gasteiger partial charge >= 0.3 is 5.97 Å². The van der Waals surface area contributed by atoms with Crippen LogP contribution in [0.5, 0.6) is 0 Å². The lowest BCUT2D eigenvalue weighted by molar-refractivity contribution is -0.136. The summed E-state index contributed by atoms with van der Waals surface area (Å²) in [5, 5.41) is 8.71. The second kappa shape index (κ2) is 5.05. The molecule has 0 bridgehead atoms. The molecule has 0 amide bonds. The van der Waals surface area contributed by atoms with E-state index in [2.05, 4.69) is 0 Å². The Hall–Kier alpha value is -0.960. The van der Waals surface area contributed by atoms with Crippen molar-refractivity contribution in [2.45, 2.75) is 30.4 Å². The summed E-state index contributed by atoms with van der Waals surface area (Å²) < 4.78 is 0. The van der Waals surface area contributed by atoms with E-state index < -0.39 is 5.97 Å². The van der Waals surface area contributed by atoms with Crippen molar-refractivity contribution in [2.75, 3.05) is 0 Å². The summed E-state index contributed by atoms with van der Waals surface area (Å²) in [7, 11) is 0. The second-order valence-corrected chi connectivity index (χ2v) is 4.85. The van der Waals surface area contributed by atoms with E-state index in [9.17, 15) is 4.79 Å². The number of rotatable bonds is 4. The fraction of sp³-hybridized carbons (Fsp3) is 0.364. The Morgan fingerprint density at radius 3 is 2.50 bits per heavy atom. The predicted molar refractivity (Wildman–Crippen MR) is 58.8 cm³/mol. The first kappa shape index (κ1) is 11.1. The van der Waals surface area contributed by atoms with Gasteiger partial charge in [-0.1, -0.05) is 24.6 Å². The minimum absolute atomic E-state index is 0.121. The van der Waals surface area contributed by atoms with Gasteiger partial charge in [0.25, 0.3) is 0 Å². The minimum atomic E-state index is -0.739. The van der Waals surface area contributed by atoms with Crippen molar-refractivity contribution in [3.63, 3.8) is 0 Å². The summed E-state index contributed by atoms with van der Waals surface area (Å²) in [6, 6.07) is 8.13. The van der Waals surface area contributed by atoms with Gasteiger partial charge in [-0.3, -0.25) is 4.79 Å². The third-order valence-corrected chi connectivity index (χ3v) is 2.93. The highest BCUT2D eigenvalue weighted by molar-refractivity contribution is 8.00. The van der Waals surface area contributed by atoms with Gasteiger partial charge in [0, 0.05) is 10.1 Å². The Bertz CT molecular complexity index is 306. The fourth-order valence-electron chi connectivity index (χ4n) is 1.14. The van der Waals surface area contributed by atoms with E-state index in [1.807, 2.05) is 38.1 Å². The molecule has 0 aliphatic heterocycles. The zero-order valence-electron chi connectivity index (χ0n) is 8.36. The van der Waals surface area contributed by atoms with Crippen LogP contribution in [-0.4, -0.2) is 16.3 Å². The van der Waals surface area contributed by atoms with E-state index in [1.54, 1.807) is 11.8 Å². The van der Waals surface area contributed by atoms with Crippen LogP contribution < -0.4 is 0 Å². The lowest BCUT2D eigenvalue weighted by Gasteiger charge is -2.08. The SMILES string of the molecule is Cc1ccc(S[C@H](C)CC(=O)O)cc1. The first-order chi connectivity index (χ1) is 6.58. The van der Waals surface area contributed by atoms with Gasteiger partial charge in [-0.15, -0.1) is 11.8 Å². The second-order valence-electron chi connectivity index (χ2n) is 3.34. The van der Waals surface area contributed by atoms with Gasteiger partial charge < -0.3 is 5.11 Å². The maximum absolute atomic E-state index is 10.4. The molecule has 0 saturated heterocycles. The van der Waals surface area contributed by atoms with Gasteiger partial charge in [-0.25, -0.2) is 0 Å². The third kappa shape index (κ3) is 3.83. The standard InChI is InChI=1S/C11H14O2S/c1-8-3-5-10(6-4-8)14-9(2)7-11(12)13/h3-6,9H,7H2,1-2H3,(H,12,13)/t9-/m1/s1. The molecular weight excluding hydrogens is 196 g/mol. The van der Waals surface area contributed by atoms with Crippen LogP contribution in [0.25, 0.3) is 0 Å². The monoisotopic (exact) mass is 210 g/mol. The normalized spacial score (nSPS) is 12.4. The number of benzene rings is 1. The summed E-state index contributed by atoms with van der Waals surface area (Å²) in [4.78, 5) is 11.6. The Kier molecular flexibility index (Phi) is 4.01. The van der Waals surface area contributed by atoms with Crippen LogP contribution in [0.1, 0.15) is 18.9 Å². The highest BCUT2D eigenvalue weighted by Crippen LogP contribution is 2.25. The Labute approximate surface area is 88.3 Å². The first-order valence-corrected chi connectivity index (χ1v) is 5.41. The largest absolute Gasteiger partial charge is 0.481 e. The average Bonchev–Trinajstić information content (AvgIpc) is 2.07. The van der Waals surface area contributed by atoms with Gasteiger partial charge in [0.15, 0.2) is 0 Å². The maximum Gasteiger partial charge on any atom is 0.304 e. The van der Waals surface area contributed by atoms with Gasteiger partial charge in [0.05, 0.1) is 6.42 Å². The molecular formula is C11H14O2S. The molecule has 3 heteroatoms. The van der Waals surface area contributed by atoms with E-state index in [4.69, 9.17) is 5.11 Å². The first-order valence-electron chi connectivity index (χ1n) is 4.53. The van der Waals surface area contributed by atoms with Gasteiger partial charge in [-0.05, 0) is 19.1 Å². The Morgan fingerprint density at radius 2 is 2.00 bits per heavy atom. The summed E-state index contributed by atoms with van der Waals surface area (Å²) in [6.45, 7) is 3.97. The van der Waals surface area contributed by atoms with Gasteiger partial charge in [0.1, 0.15) is 0 Å². The van der Waals surface area contributed by atoms with E-state index >= 15 is 0 Å². The zero-order valence-corrected chi connectivity index (χ0v) is 9.17. The van der Waals surface area contributed by atoms with Crippen LogP contribution in [0.3, 0.4) is 0 Å². The maximum atomic E-state index is 10.4. The molecule has 14 heavy (non-hydrogen) atoms. The van der Waals surface area contributed by atoms with Gasteiger partial charge in [0.2, 0.25) is 0 Å². The number of thioether (sulfide) groups is 1. The molecule has 1 aromatic rings. The van der Waals surface area contributed by atoms with Crippen molar-refractivity contribution in [3.05, 3.63) is 29.8 Å². The molecule has 0 unspecified atom stereocenters. The predicted octanol–water partition coefficient (Wildman–Crippen LogP) is 2.95. The summed E-state index contributed by atoms with van der Waals surface area (Å²) in [6.07, 6.45) is 0.207. The number of hydrogen-bond donors (Lipinski definition) is 1. The van der Waals surface area contributed by atoms with E-state index in [0.29, 0.717) is 0 Å². The Balaban J connectivity index is 2.51. The molecule has 1 rings (SSSR count). The van der Waals surface area contributed by atoms with Crippen molar-refractivity contribution in [3.8, 4) is 0 Å². The molecule has 1 atom stereocenters. The number of carboxylic acids is 1. The summed E-state index contributed by atoms with van der Waals surface area (Å²) in [5.41, 5.74) is 1.22. The molecule has 0 aliphatic rings. The molecule has 1 aromatic carbocycles. The highest BCUT2D eigenvalue weighted by atomic mass is 32.2. The molecule has 0 aromatic heterocycles. The van der Waals surface area contributed by atoms with Crippen molar-refractivity contribution in [2.24, 2.45) is 0 Å². The van der Waals surface area contributed by atoms with Crippen molar-refractivity contribution in [1.29, 1.82) is 0 Å². The molecule has 0 radical (unpaired) electrons. The summed E-state index contributed by atoms with van der Waals surface area (Å²) >= 11 is 1.60. The number of carboxylic acid groups (broad SMARTS) is 1. The van der Waals surface area contributed by atoms with Crippen molar-refractivity contribution >= 4 is 17.7 Å². The number of aliphatic carboxylic acids is 1. The Morgan fingerprint density at radius 1 is 1.43 bits per heavy atom. The highest BCUT2D eigenvalue weighted by Gasteiger charge is 2.08. The van der Waals surface area contributed by atoms with Crippen molar-refractivity contribution < 1.29 is 9.90 Å². The average molecular weight is 210 g/mol. The van der Waals surface area contributed by atoms with Crippen LogP contribution >= 0.6 is 11.8 Å². The molecule has 0 saturated carbocycles. The molecule has 0 fully saturated rings. The molecule has 1 N–H and O–H groups in total. The molecule has 2 nitrogen and oxygen atoms in total. The van der Waals surface area contributed by atoms with Crippen LogP contribution in [0.15, 0.2) is 29.2 Å². The molecule has 0 aliphatic carbocycles. The topological polar surface area (TPSA) is 37.3 Å². The number of carbonyl (C=O) groups is 1. The third-order valence-electron chi connectivity index (χ3n) is 1.82.